The molecule has 0 aliphatic heterocycles. The third kappa shape index (κ3) is 4.66. The van der Waals surface area contributed by atoms with Gasteiger partial charge in [0, 0.05) is 7.11 Å². The standard InChI is InChI=1S/C15H22N2O3/c1-3-4-10-12(14(16)18)17-15(19)13(20-2)11-8-6-5-7-9-11/h5-9,12-13H,3-4,10H2,1-2H3,(H2,16,18)(H,17,19)/t12-,13+/m1/s1. The summed E-state index contributed by atoms with van der Waals surface area (Å²) in [7, 11) is 1.46. The van der Waals surface area contributed by atoms with E-state index in [4.69, 9.17) is 10.5 Å². The van der Waals surface area contributed by atoms with E-state index in [-0.39, 0.29) is 5.91 Å². The summed E-state index contributed by atoms with van der Waals surface area (Å²) in [4.78, 5) is 23.6. The van der Waals surface area contributed by atoms with E-state index in [9.17, 15) is 9.59 Å². The van der Waals surface area contributed by atoms with Crippen LogP contribution in [-0.4, -0.2) is 25.0 Å². The first-order chi connectivity index (χ1) is 9.60. The summed E-state index contributed by atoms with van der Waals surface area (Å²) in [6, 6.07) is 8.48. The number of amides is 2. The van der Waals surface area contributed by atoms with Crippen LogP contribution >= 0.6 is 0 Å². The molecule has 110 valence electrons. The molecule has 1 rings (SSSR count). The SMILES string of the molecule is CCCC[C@@H](NC(=O)[C@@H](OC)c1ccccc1)C(N)=O. The lowest BCUT2D eigenvalue weighted by molar-refractivity contribution is -0.135. The molecule has 2 amide bonds. The van der Waals surface area contributed by atoms with Crippen LogP contribution in [0, 0.1) is 0 Å². The molecular weight excluding hydrogens is 256 g/mol. The Labute approximate surface area is 119 Å². The highest BCUT2D eigenvalue weighted by molar-refractivity contribution is 5.89. The Bertz CT molecular complexity index is 434. The molecule has 5 heteroatoms. The minimum Gasteiger partial charge on any atom is -0.368 e. The molecule has 0 fully saturated rings. The van der Waals surface area contributed by atoms with Gasteiger partial charge in [-0.15, -0.1) is 0 Å². The number of primary amides is 1. The van der Waals surface area contributed by atoms with Crippen LogP contribution in [-0.2, 0) is 14.3 Å². The van der Waals surface area contributed by atoms with Gasteiger partial charge in [0.05, 0.1) is 0 Å². The van der Waals surface area contributed by atoms with Gasteiger partial charge in [0.15, 0.2) is 6.10 Å². The Morgan fingerprint density at radius 1 is 1.30 bits per heavy atom. The fourth-order valence-electron chi connectivity index (χ4n) is 1.96. The van der Waals surface area contributed by atoms with Crippen LogP contribution in [0.3, 0.4) is 0 Å². The summed E-state index contributed by atoms with van der Waals surface area (Å²) in [6.45, 7) is 2.02. The highest BCUT2D eigenvalue weighted by atomic mass is 16.5. The second-order valence-corrected chi connectivity index (χ2v) is 4.63. The third-order valence-corrected chi connectivity index (χ3v) is 3.08. The Morgan fingerprint density at radius 2 is 1.95 bits per heavy atom. The molecule has 0 unspecified atom stereocenters. The lowest BCUT2D eigenvalue weighted by Crippen LogP contribution is -2.46. The Kier molecular flexibility index (Phi) is 6.73. The summed E-state index contributed by atoms with van der Waals surface area (Å²) >= 11 is 0. The smallest absolute Gasteiger partial charge is 0.254 e. The quantitative estimate of drug-likeness (QED) is 0.756. The summed E-state index contributed by atoms with van der Waals surface area (Å²) in [5.74, 6) is -0.867. The maximum atomic E-state index is 12.2. The Hall–Kier alpha value is -1.88. The fraction of sp³-hybridized carbons (Fsp3) is 0.467. The van der Waals surface area contributed by atoms with Crippen molar-refractivity contribution in [3.8, 4) is 0 Å². The van der Waals surface area contributed by atoms with Crippen molar-refractivity contribution in [2.24, 2.45) is 5.73 Å². The highest BCUT2D eigenvalue weighted by Gasteiger charge is 2.24. The zero-order chi connectivity index (χ0) is 15.0. The number of methoxy groups -OCH3 is 1. The maximum absolute atomic E-state index is 12.2. The van der Waals surface area contributed by atoms with E-state index < -0.39 is 18.1 Å². The first-order valence-electron chi connectivity index (χ1n) is 6.77. The molecule has 3 N–H and O–H groups in total. The summed E-state index contributed by atoms with van der Waals surface area (Å²) in [5.41, 5.74) is 6.05. The van der Waals surface area contributed by atoms with Crippen LogP contribution in [0.2, 0.25) is 0 Å². The first-order valence-corrected chi connectivity index (χ1v) is 6.77. The van der Waals surface area contributed by atoms with E-state index in [0.717, 1.165) is 18.4 Å². The molecule has 1 aromatic carbocycles. The van der Waals surface area contributed by atoms with Crippen LogP contribution in [0.25, 0.3) is 0 Å². The summed E-state index contributed by atoms with van der Waals surface area (Å²) in [5, 5.41) is 2.66. The van der Waals surface area contributed by atoms with E-state index >= 15 is 0 Å². The average Bonchev–Trinajstić information content (AvgIpc) is 2.45. The number of carbonyl (C=O) groups is 2. The summed E-state index contributed by atoms with van der Waals surface area (Å²) in [6.07, 6.45) is 1.57. The van der Waals surface area contributed by atoms with Gasteiger partial charge in [0.25, 0.3) is 5.91 Å². The molecule has 0 bridgehead atoms. The van der Waals surface area contributed by atoms with Crippen LogP contribution in [0.4, 0.5) is 0 Å². The molecule has 0 heterocycles. The van der Waals surface area contributed by atoms with Gasteiger partial charge in [-0.2, -0.15) is 0 Å². The van der Waals surface area contributed by atoms with Crippen molar-refractivity contribution in [2.45, 2.75) is 38.3 Å². The average molecular weight is 278 g/mol. The molecular formula is C15H22N2O3. The van der Waals surface area contributed by atoms with Crippen LogP contribution in [0.15, 0.2) is 30.3 Å². The zero-order valence-electron chi connectivity index (χ0n) is 12.0. The minimum absolute atomic E-state index is 0.349. The predicted octanol–water partition coefficient (Wildman–Crippen LogP) is 1.53. The lowest BCUT2D eigenvalue weighted by atomic mass is 10.1. The van der Waals surface area contributed by atoms with Crippen molar-refractivity contribution >= 4 is 11.8 Å². The monoisotopic (exact) mass is 278 g/mol. The van der Waals surface area contributed by atoms with Gasteiger partial charge in [0.2, 0.25) is 5.91 Å². The molecule has 0 aliphatic carbocycles. The van der Waals surface area contributed by atoms with E-state index in [1.54, 1.807) is 12.1 Å². The van der Waals surface area contributed by atoms with Gasteiger partial charge in [0.1, 0.15) is 6.04 Å². The van der Waals surface area contributed by atoms with E-state index in [2.05, 4.69) is 5.32 Å². The van der Waals surface area contributed by atoms with Crippen LogP contribution < -0.4 is 11.1 Å². The van der Waals surface area contributed by atoms with Gasteiger partial charge in [-0.3, -0.25) is 9.59 Å². The number of ether oxygens (including phenoxy) is 1. The normalized spacial score (nSPS) is 13.5. The lowest BCUT2D eigenvalue weighted by Gasteiger charge is -2.20. The molecule has 5 nitrogen and oxygen atoms in total. The Morgan fingerprint density at radius 3 is 2.45 bits per heavy atom. The van der Waals surface area contributed by atoms with Gasteiger partial charge in [-0.25, -0.2) is 0 Å². The third-order valence-electron chi connectivity index (χ3n) is 3.08. The van der Waals surface area contributed by atoms with Gasteiger partial charge in [-0.05, 0) is 12.0 Å². The topological polar surface area (TPSA) is 81.4 Å². The maximum Gasteiger partial charge on any atom is 0.254 e. The Balaban J connectivity index is 2.73. The largest absolute Gasteiger partial charge is 0.368 e. The predicted molar refractivity (Wildman–Crippen MR) is 76.8 cm³/mol. The van der Waals surface area contributed by atoms with Gasteiger partial charge >= 0.3 is 0 Å². The number of rotatable bonds is 8. The number of benzene rings is 1. The molecule has 0 saturated carbocycles. The first kappa shape index (κ1) is 16.2. The molecule has 2 atom stereocenters. The van der Waals surface area contributed by atoms with Crippen LogP contribution in [0.1, 0.15) is 37.9 Å². The van der Waals surface area contributed by atoms with Crippen molar-refractivity contribution < 1.29 is 14.3 Å². The minimum atomic E-state index is -0.736. The second-order valence-electron chi connectivity index (χ2n) is 4.63. The van der Waals surface area contributed by atoms with Crippen molar-refractivity contribution in [3.63, 3.8) is 0 Å². The van der Waals surface area contributed by atoms with Crippen molar-refractivity contribution in [1.82, 2.24) is 5.32 Å². The number of carbonyl (C=O) groups excluding carboxylic acids is 2. The van der Waals surface area contributed by atoms with Gasteiger partial charge < -0.3 is 15.8 Å². The van der Waals surface area contributed by atoms with Crippen molar-refractivity contribution in [3.05, 3.63) is 35.9 Å². The number of unbranched alkanes of at least 4 members (excludes halogenated alkanes) is 1. The number of nitrogens with one attached hydrogen (secondary N) is 1. The van der Waals surface area contributed by atoms with E-state index in [1.807, 2.05) is 25.1 Å². The van der Waals surface area contributed by atoms with Gasteiger partial charge in [-0.1, -0.05) is 50.1 Å². The van der Waals surface area contributed by atoms with Crippen molar-refractivity contribution in [1.29, 1.82) is 0 Å². The number of hydrogen-bond donors (Lipinski definition) is 2. The van der Waals surface area contributed by atoms with E-state index in [1.165, 1.54) is 7.11 Å². The number of hydrogen-bond acceptors (Lipinski definition) is 3. The zero-order valence-corrected chi connectivity index (χ0v) is 12.0. The van der Waals surface area contributed by atoms with Crippen molar-refractivity contribution in [2.75, 3.05) is 7.11 Å². The molecule has 0 saturated heterocycles. The second kappa shape index (κ2) is 8.32. The molecule has 1 aromatic rings. The molecule has 0 radical (unpaired) electrons. The highest BCUT2D eigenvalue weighted by Crippen LogP contribution is 2.16. The van der Waals surface area contributed by atoms with Crippen LogP contribution in [0.5, 0.6) is 0 Å². The van der Waals surface area contributed by atoms with E-state index in [0.29, 0.717) is 6.42 Å². The fourth-order valence-corrected chi connectivity index (χ4v) is 1.96. The molecule has 0 spiro atoms. The molecule has 0 aromatic heterocycles. The summed E-state index contributed by atoms with van der Waals surface area (Å²) < 4.78 is 5.22. The molecule has 20 heavy (non-hydrogen) atoms. The molecule has 0 aliphatic rings. The number of nitrogens with two attached hydrogens (primary N) is 1.